The molecule has 4 aromatic rings. The zero-order valence-corrected chi connectivity index (χ0v) is 20.7. The minimum absolute atomic E-state index is 0.0257. The molecule has 2 aliphatic rings. The topological polar surface area (TPSA) is 102 Å². The van der Waals surface area contributed by atoms with E-state index in [0.29, 0.717) is 41.7 Å². The molecule has 2 fully saturated rings. The highest BCUT2D eigenvalue weighted by Gasteiger charge is 2.34. The zero-order chi connectivity index (χ0) is 25.4. The molecule has 0 spiro atoms. The van der Waals surface area contributed by atoms with Crippen molar-refractivity contribution in [3.05, 3.63) is 73.1 Å². The Morgan fingerprint density at radius 1 is 1.08 bits per heavy atom. The predicted octanol–water partition coefficient (Wildman–Crippen LogP) is 3.90. The first kappa shape index (κ1) is 23.2. The molecule has 0 radical (unpaired) electrons. The van der Waals surface area contributed by atoms with E-state index < -0.39 is 0 Å². The molecule has 2 N–H and O–H groups in total. The van der Waals surface area contributed by atoms with Crippen LogP contribution in [0.15, 0.2) is 73.1 Å². The third-order valence-corrected chi connectivity index (χ3v) is 6.97. The second-order valence-corrected chi connectivity index (χ2v) is 9.66. The largest absolute Gasteiger partial charge is 0.457 e. The van der Waals surface area contributed by atoms with E-state index in [2.05, 4.69) is 21.9 Å². The van der Waals surface area contributed by atoms with Gasteiger partial charge in [-0.3, -0.25) is 9.69 Å². The van der Waals surface area contributed by atoms with Gasteiger partial charge in [-0.1, -0.05) is 24.3 Å². The average Bonchev–Trinajstić information content (AvgIpc) is 3.66. The van der Waals surface area contributed by atoms with Gasteiger partial charge in [0, 0.05) is 37.3 Å². The van der Waals surface area contributed by atoms with E-state index in [1.807, 2.05) is 70.3 Å². The maximum Gasteiger partial charge on any atom is 0.246 e. The number of benzene rings is 2. The number of anilines is 1. The van der Waals surface area contributed by atoms with Crippen molar-refractivity contribution in [2.75, 3.05) is 32.4 Å². The van der Waals surface area contributed by atoms with Gasteiger partial charge in [0.2, 0.25) is 5.91 Å². The summed E-state index contributed by atoms with van der Waals surface area (Å²) in [6, 6.07) is 18.1. The van der Waals surface area contributed by atoms with Gasteiger partial charge in [-0.2, -0.15) is 5.10 Å². The van der Waals surface area contributed by atoms with Crippen molar-refractivity contribution in [1.82, 2.24) is 29.5 Å². The van der Waals surface area contributed by atoms with E-state index >= 15 is 0 Å². The minimum Gasteiger partial charge on any atom is -0.457 e. The van der Waals surface area contributed by atoms with Crippen LogP contribution < -0.4 is 10.5 Å². The zero-order valence-electron chi connectivity index (χ0n) is 20.7. The van der Waals surface area contributed by atoms with Crippen LogP contribution in [0.1, 0.15) is 18.9 Å². The van der Waals surface area contributed by atoms with Crippen molar-refractivity contribution < 1.29 is 9.53 Å². The third kappa shape index (κ3) is 4.77. The molecule has 0 unspecified atom stereocenters. The van der Waals surface area contributed by atoms with Crippen LogP contribution in [0, 0.1) is 0 Å². The summed E-state index contributed by atoms with van der Waals surface area (Å²) >= 11 is 0. The number of hydrogen-bond donors (Lipinski definition) is 1. The maximum atomic E-state index is 12.6. The molecule has 6 rings (SSSR count). The number of amides is 1. The fourth-order valence-corrected chi connectivity index (χ4v) is 4.64. The highest BCUT2D eigenvalue weighted by molar-refractivity contribution is 5.98. The monoisotopic (exact) mass is 495 g/mol. The van der Waals surface area contributed by atoms with Crippen LogP contribution in [0.5, 0.6) is 11.5 Å². The number of carbonyl (C=O) groups excluding carboxylic acids is 1. The van der Waals surface area contributed by atoms with Gasteiger partial charge in [-0.05, 0) is 56.3 Å². The smallest absolute Gasteiger partial charge is 0.246 e. The highest BCUT2D eigenvalue weighted by atomic mass is 16.5. The molecule has 2 aromatic heterocycles. The number of hydrogen-bond acceptors (Lipinski definition) is 7. The Kier molecular flexibility index (Phi) is 6.05. The van der Waals surface area contributed by atoms with Gasteiger partial charge in [-0.15, -0.1) is 0 Å². The van der Waals surface area contributed by atoms with Crippen molar-refractivity contribution in [1.29, 1.82) is 0 Å². The van der Waals surface area contributed by atoms with E-state index in [1.54, 1.807) is 6.08 Å². The van der Waals surface area contributed by atoms with Gasteiger partial charge in [0.15, 0.2) is 5.65 Å². The molecule has 9 heteroatoms. The van der Waals surface area contributed by atoms with Crippen LogP contribution in [0.25, 0.3) is 22.3 Å². The Morgan fingerprint density at radius 2 is 1.81 bits per heavy atom. The summed E-state index contributed by atoms with van der Waals surface area (Å²) in [5.41, 5.74) is 8.55. The Morgan fingerprint density at radius 3 is 2.54 bits per heavy atom. The van der Waals surface area contributed by atoms with Gasteiger partial charge in [0.25, 0.3) is 0 Å². The van der Waals surface area contributed by atoms with E-state index in [1.165, 1.54) is 19.2 Å². The lowest BCUT2D eigenvalue weighted by atomic mass is 10.1. The van der Waals surface area contributed by atoms with Gasteiger partial charge >= 0.3 is 0 Å². The number of ether oxygens (including phenoxy) is 1. The SMILES string of the molecule is CN(CC=CC(=O)N1CC(n2nc(-c3ccc(Oc4ccccc4)cc3)c3c(N)ncnc32)C1)C1CC1. The quantitative estimate of drug-likeness (QED) is 0.370. The fourth-order valence-electron chi connectivity index (χ4n) is 4.64. The van der Waals surface area contributed by atoms with E-state index in [0.717, 1.165) is 23.6 Å². The standard InChI is InChI=1S/C28H29N7O2/c1-33(20-11-12-20)15-5-8-24(36)34-16-21(17-34)35-28-25(27(29)30-18-31-28)26(32-35)19-9-13-23(14-10-19)37-22-6-3-2-4-7-22/h2-10,13-14,18,20-21H,11-12,15-17H2,1H3,(H2,29,30,31). The summed E-state index contributed by atoms with van der Waals surface area (Å²) in [4.78, 5) is 25.4. The summed E-state index contributed by atoms with van der Waals surface area (Å²) in [5.74, 6) is 1.91. The van der Waals surface area contributed by atoms with Crippen LogP contribution >= 0.6 is 0 Å². The molecule has 37 heavy (non-hydrogen) atoms. The van der Waals surface area contributed by atoms with Crippen LogP contribution in [-0.4, -0.2) is 68.2 Å². The molecule has 1 aliphatic heterocycles. The number of nitrogens with two attached hydrogens (primary N) is 1. The minimum atomic E-state index is 0.0257. The Hall–Kier alpha value is -4.24. The van der Waals surface area contributed by atoms with Gasteiger partial charge in [0.1, 0.15) is 29.3 Å². The molecule has 1 aliphatic carbocycles. The van der Waals surface area contributed by atoms with E-state index in [9.17, 15) is 4.79 Å². The first-order chi connectivity index (χ1) is 18.1. The van der Waals surface area contributed by atoms with E-state index in [-0.39, 0.29) is 11.9 Å². The molecule has 2 aromatic carbocycles. The molecule has 188 valence electrons. The molecule has 3 heterocycles. The summed E-state index contributed by atoms with van der Waals surface area (Å²) in [5, 5.41) is 5.61. The van der Waals surface area contributed by atoms with Crippen molar-refractivity contribution >= 4 is 22.8 Å². The molecule has 1 amide bonds. The number of likely N-dealkylation sites (tertiary alicyclic amines) is 1. The summed E-state index contributed by atoms with van der Waals surface area (Å²) < 4.78 is 7.80. The molecular formula is C28H29N7O2. The van der Waals surface area contributed by atoms with E-state index in [4.69, 9.17) is 15.6 Å². The van der Waals surface area contributed by atoms with Crippen molar-refractivity contribution in [3.63, 3.8) is 0 Å². The second-order valence-electron chi connectivity index (χ2n) is 9.66. The molecule has 0 bridgehead atoms. The molecule has 1 saturated carbocycles. The average molecular weight is 496 g/mol. The molecule has 1 saturated heterocycles. The fraction of sp³-hybridized carbons (Fsp3) is 0.286. The lowest BCUT2D eigenvalue weighted by molar-refractivity contribution is -0.131. The number of para-hydroxylation sites is 1. The summed E-state index contributed by atoms with van der Waals surface area (Å²) in [6.45, 7) is 1.95. The number of aromatic nitrogens is 4. The number of fused-ring (bicyclic) bond motifs is 1. The van der Waals surface area contributed by atoms with Crippen molar-refractivity contribution in [2.45, 2.75) is 24.9 Å². The number of likely N-dealkylation sites (N-methyl/N-ethyl adjacent to an activating group) is 1. The summed E-state index contributed by atoms with van der Waals surface area (Å²) in [6.07, 6.45) is 7.60. The van der Waals surface area contributed by atoms with Crippen LogP contribution in [-0.2, 0) is 4.79 Å². The van der Waals surface area contributed by atoms with Crippen molar-refractivity contribution in [2.24, 2.45) is 0 Å². The number of nitrogen functional groups attached to an aromatic ring is 1. The molecule has 0 atom stereocenters. The lowest BCUT2D eigenvalue weighted by Gasteiger charge is -2.38. The second kappa shape index (κ2) is 9.67. The van der Waals surface area contributed by atoms with Gasteiger partial charge < -0.3 is 15.4 Å². The van der Waals surface area contributed by atoms with Crippen LogP contribution in [0.2, 0.25) is 0 Å². The normalized spacial score (nSPS) is 16.0. The summed E-state index contributed by atoms with van der Waals surface area (Å²) in [7, 11) is 2.10. The van der Waals surface area contributed by atoms with Gasteiger partial charge in [0.05, 0.1) is 11.4 Å². The first-order valence-electron chi connectivity index (χ1n) is 12.5. The third-order valence-electron chi connectivity index (χ3n) is 6.97. The number of rotatable bonds is 8. The van der Waals surface area contributed by atoms with Gasteiger partial charge in [-0.25, -0.2) is 14.6 Å². The molecule has 9 nitrogen and oxygen atoms in total. The number of carbonyl (C=O) groups is 1. The molecular weight excluding hydrogens is 466 g/mol. The maximum absolute atomic E-state index is 12.6. The van der Waals surface area contributed by atoms with Crippen molar-refractivity contribution in [3.8, 4) is 22.8 Å². The predicted molar refractivity (Wildman–Crippen MR) is 142 cm³/mol. The Bertz CT molecular complexity index is 1440. The Labute approximate surface area is 215 Å². The van der Waals surface area contributed by atoms with Crippen LogP contribution in [0.4, 0.5) is 5.82 Å². The first-order valence-corrected chi connectivity index (χ1v) is 12.5. The number of nitrogens with zero attached hydrogens (tertiary/aromatic N) is 6. The van der Waals surface area contributed by atoms with Crippen LogP contribution in [0.3, 0.4) is 0 Å². The Balaban J connectivity index is 1.18. The lowest BCUT2D eigenvalue weighted by Crippen LogP contribution is -2.50. The highest BCUT2D eigenvalue weighted by Crippen LogP contribution is 2.35.